The Morgan fingerprint density at radius 1 is 0.974 bits per heavy atom. The van der Waals surface area contributed by atoms with Gasteiger partial charge in [-0.25, -0.2) is 4.68 Å². The van der Waals surface area contributed by atoms with Gasteiger partial charge in [-0.15, -0.1) is 10.2 Å². The maximum atomic E-state index is 14.0. The fourth-order valence-electron chi connectivity index (χ4n) is 6.95. The number of anilines is 2. The zero-order valence-corrected chi connectivity index (χ0v) is 20.8. The molecule has 2 saturated heterocycles. The average molecular weight is 554 g/mol. The Bertz CT molecular complexity index is 1400. The molecule has 0 spiro atoms. The van der Waals surface area contributed by atoms with Crippen molar-refractivity contribution in [1.29, 1.82) is 0 Å². The first kappa shape index (κ1) is 24.7. The maximum absolute atomic E-state index is 14.0. The number of hydrogen-bond donors (Lipinski definition) is 0. The van der Waals surface area contributed by atoms with E-state index in [1.807, 2.05) is 4.90 Å². The molecule has 2 aromatic heterocycles. The molecule has 0 amide bonds. The summed E-state index contributed by atoms with van der Waals surface area (Å²) in [7, 11) is 0. The van der Waals surface area contributed by atoms with Crippen molar-refractivity contribution in [3.63, 3.8) is 0 Å². The molecule has 5 heterocycles. The molecule has 39 heavy (non-hydrogen) atoms. The van der Waals surface area contributed by atoms with E-state index in [-0.39, 0.29) is 48.2 Å². The van der Waals surface area contributed by atoms with Gasteiger partial charge in [-0.05, 0) is 43.2 Å². The number of halogens is 6. The van der Waals surface area contributed by atoms with Crippen LogP contribution in [-0.2, 0) is 6.18 Å². The molecule has 3 aromatic rings. The minimum Gasteiger partial charge on any atom is -0.408 e. The Morgan fingerprint density at radius 3 is 2.51 bits per heavy atom. The molecule has 0 N–H and O–H groups in total. The third-order valence-electron chi connectivity index (χ3n) is 8.74. The zero-order chi connectivity index (χ0) is 27.3. The molecular formula is C25H25F6N7O. The van der Waals surface area contributed by atoms with Crippen LogP contribution in [-0.4, -0.2) is 56.3 Å². The molecule has 0 bridgehead atoms. The Morgan fingerprint density at radius 2 is 1.79 bits per heavy atom. The predicted molar refractivity (Wildman–Crippen MR) is 125 cm³/mol. The number of fused-ring (bicyclic) bond motifs is 4. The van der Waals surface area contributed by atoms with Crippen molar-refractivity contribution in [1.82, 2.24) is 25.0 Å². The standard InChI is InChI=1S/C25H25F6N7O/c1-12-33-34-23(39-12)36-10-14-5-7-18-20(17(14)11-36)37(18)22-32-21-16(6-8-19(25(29,30)31)38(21)35-22)13-3-2-4-15(9-13)24(26,27)28/h2-4,9,14,16-20H,5-8,10-11H2,1H3/t14?,16?,17-,18-,19?,20+,37?/m1/s1. The molecular weight excluding hydrogens is 528 g/mol. The smallest absolute Gasteiger partial charge is 0.408 e. The van der Waals surface area contributed by atoms with E-state index in [0.717, 1.165) is 36.2 Å². The van der Waals surface area contributed by atoms with E-state index in [2.05, 4.69) is 25.2 Å². The summed E-state index contributed by atoms with van der Waals surface area (Å²) in [6, 6.07) is 3.57. The van der Waals surface area contributed by atoms with Crippen LogP contribution in [0.3, 0.4) is 0 Å². The summed E-state index contributed by atoms with van der Waals surface area (Å²) in [4.78, 5) is 8.64. The highest BCUT2D eigenvalue weighted by Crippen LogP contribution is 2.53. The molecule has 6 atom stereocenters. The fraction of sp³-hybridized carbons (Fsp3) is 0.600. The summed E-state index contributed by atoms with van der Waals surface area (Å²) in [6.07, 6.45) is -7.54. The monoisotopic (exact) mass is 553 g/mol. The van der Waals surface area contributed by atoms with Gasteiger partial charge in [0.05, 0.1) is 17.6 Å². The molecule has 208 valence electrons. The second kappa shape index (κ2) is 8.34. The molecule has 4 aliphatic rings. The van der Waals surface area contributed by atoms with Gasteiger partial charge in [0, 0.05) is 31.8 Å². The van der Waals surface area contributed by atoms with Crippen LogP contribution in [0.2, 0.25) is 0 Å². The fourth-order valence-corrected chi connectivity index (χ4v) is 6.95. The van der Waals surface area contributed by atoms with Gasteiger partial charge in [-0.2, -0.15) is 31.3 Å². The molecule has 3 unspecified atom stereocenters. The average Bonchev–Trinajstić information content (AvgIpc) is 3.23. The molecule has 0 radical (unpaired) electrons. The van der Waals surface area contributed by atoms with Gasteiger partial charge in [0.25, 0.3) is 0 Å². The first-order valence-corrected chi connectivity index (χ1v) is 13.0. The van der Waals surface area contributed by atoms with Crippen LogP contribution in [0, 0.1) is 18.8 Å². The zero-order valence-electron chi connectivity index (χ0n) is 20.8. The molecule has 3 aliphatic heterocycles. The van der Waals surface area contributed by atoms with Crippen LogP contribution in [0.4, 0.5) is 38.3 Å². The Kier molecular flexibility index (Phi) is 5.28. The van der Waals surface area contributed by atoms with Crippen LogP contribution in [0.1, 0.15) is 60.5 Å². The van der Waals surface area contributed by atoms with Crippen molar-refractivity contribution in [2.75, 3.05) is 22.9 Å². The Hall–Kier alpha value is -3.32. The van der Waals surface area contributed by atoms with Gasteiger partial charge in [-0.1, -0.05) is 23.3 Å². The molecule has 14 heteroatoms. The predicted octanol–water partition coefficient (Wildman–Crippen LogP) is 5.12. The van der Waals surface area contributed by atoms with E-state index in [1.54, 1.807) is 6.92 Å². The highest BCUT2D eigenvalue weighted by molar-refractivity contribution is 5.50. The Balaban J connectivity index is 1.20. The number of rotatable bonds is 3. The lowest BCUT2D eigenvalue weighted by Crippen LogP contribution is -2.33. The first-order chi connectivity index (χ1) is 18.5. The minimum absolute atomic E-state index is 0.0275. The second-order valence-corrected chi connectivity index (χ2v) is 11.0. The summed E-state index contributed by atoms with van der Waals surface area (Å²) >= 11 is 0. The Labute approximate surface area is 219 Å². The third kappa shape index (κ3) is 4.05. The van der Waals surface area contributed by atoms with E-state index in [0.29, 0.717) is 24.4 Å². The largest absolute Gasteiger partial charge is 0.416 e. The van der Waals surface area contributed by atoms with Gasteiger partial charge in [0.1, 0.15) is 11.9 Å². The van der Waals surface area contributed by atoms with Gasteiger partial charge in [-0.3, -0.25) is 0 Å². The summed E-state index contributed by atoms with van der Waals surface area (Å²) in [5.74, 6) is 0.668. The van der Waals surface area contributed by atoms with Crippen molar-refractivity contribution >= 4 is 12.0 Å². The van der Waals surface area contributed by atoms with Crippen LogP contribution < -0.4 is 9.80 Å². The van der Waals surface area contributed by atoms with Gasteiger partial charge in [0.2, 0.25) is 11.8 Å². The number of alkyl halides is 6. The van der Waals surface area contributed by atoms with Crippen LogP contribution in [0.25, 0.3) is 0 Å². The van der Waals surface area contributed by atoms with E-state index >= 15 is 0 Å². The van der Waals surface area contributed by atoms with Crippen molar-refractivity contribution < 1.29 is 30.8 Å². The molecule has 1 aromatic carbocycles. The second-order valence-electron chi connectivity index (χ2n) is 11.0. The lowest BCUT2D eigenvalue weighted by Gasteiger charge is -2.30. The number of aryl methyl sites for hydroxylation is 1. The summed E-state index contributed by atoms with van der Waals surface area (Å²) in [5, 5.41) is 12.4. The van der Waals surface area contributed by atoms with E-state index < -0.39 is 29.9 Å². The summed E-state index contributed by atoms with van der Waals surface area (Å²) in [6.45, 7) is 3.19. The third-order valence-corrected chi connectivity index (χ3v) is 8.74. The number of hydrogen-bond acceptors (Lipinski definition) is 7. The van der Waals surface area contributed by atoms with Gasteiger partial charge < -0.3 is 14.2 Å². The molecule has 7 rings (SSSR count). The quantitative estimate of drug-likeness (QED) is 0.329. The van der Waals surface area contributed by atoms with Crippen molar-refractivity contribution in [3.8, 4) is 0 Å². The molecule has 8 nitrogen and oxygen atoms in total. The molecule has 1 saturated carbocycles. The SMILES string of the molecule is Cc1nnc(N2CC3CC[C@@H]4[C@H]([C@@H]3C2)N4c2nc3n(n2)C(C(F)(F)F)CCC3c2cccc(C(F)(F)F)c2)o1. The van der Waals surface area contributed by atoms with Gasteiger partial charge >= 0.3 is 18.4 Å². The van der Waals surface area contributed by atoms with Crippen molar-refractivity contribution in [2.45, 2.75) is 69.0 Å². The highest BCUT2D eigenvalue weighted by Gasteiger charge is 2.61. The molecule has 1 aliphatic carbocycles. The topological polar surface area (TPSA) is 75.9 Å². The lowest BCUT2D eigenvalue weighted by atomic mass is 9.82. The van der Waals surface area contributed by atoms with E-state index in [4.69, 9.17) is 4.42 Å². The van der Waals surface area contributed by atoms with Gasteiger partial charge in [0.15, 0.2) is 0 Å². The number of aromatic nitrogens is 5. The van der Waals surface area contributed by atoms with Crippen LogP contribution >= 0.6 is 0 Å². The lowest BCUT2D eigenvalue weighted by molar-refractivity contribution is -0.175. The molecule has 3 fully saturated rings. The number of benzene rings is 1. The summed E-state index contributed by atoms with van der Waals surface area (Å²) in [5.41, 5.74) is -0.551. The maximum Gasteiger partial charge on any atom is 0.416 e. The number of nitrogens with zero attached hydrogens (tertiary/aromatic N) is 7. The first-order valence-electron chi connectivity index (χ1n) is 13.0. The highest BCUT2D eigenvalue weighted by atomic mass is 19.4. The van der Waals surface area contributed by atoms with E-state index in [1.165, 1.54) is 12.1 Å². The van der Waals surface area contributed by atoms with Crippen molar-refractivity contribution in [2.24, 2.45) is 11.8 Å². The van der Waals surface area contributed by atoms with E-state index in [9.17, 15) is 26.3 Å². The minimum atomic E-state index is -4.56. The van der Waals surface area contributed by atoms with Crippen LogP contribution in [0.15, 0.2) is 28.7 Å². The normalized spacial score (nSPS) is 30.2. The van der Waals surface area contributed by atoms with Crippen molar-refractivity contribution in [3.05, 3.63) is 47.1 Å². The summed E-state index contributed by atoms with van der Waals surface area (Å²) < 4.78 is 88.6. The van der Waals surface area contributed by atoms with Crippen LogP contribution in [0.5, 0.6) is 0 Å².